The van der Waals surface area contributed by atoms with Gasteiger partial charge < -0.3 is 20.6 Å². The number of carboxylic acid groups (broad SMARTS) is 3. The second-order valence-electron chi connectivity index (χ2n) is 3.04. The van der Waals surface area contributed by atoms with Gasteiger partial charge in [0.1, 0.15) is 6.04 Å². The molecule has 0 heterocycles. The largest absolute Gasteiger partial charge is 0.481 e. The monoisotopic (exact) mass is 251 g/mol. The molecule has 0 saturated carbocycles. The van der Waals surface area contributed by atoms with Crippen LogP contribution in [0.25, 0.3) is 0 Å². The lowest BCUT2D eigenvalue weighted by atomic mass is 10.1. The van der Waals surface area contributed by atoms with E-state index in [-0.39, 0.29) is 6.42 Å². The summed E-state index contributed by atoms with van der Waals surface area (Å²) in [6.07, 6.45) is 0.185. The van der Waals surface area contributed by atoms with Crippen molar-refractivity contribution in [3.05, 3.63) is 0 Å². The highest BCUT2D eigenvalue weighted by Gasteiger charge is 2.27. The summed E-state index contributed by atoms with van der Waals surface area (Å²) in [6, 6.07) is -0.987. The van der Waals surface area contributed by atoms with E-state index in [9.17, 15) is 14.4 Å². The molecule has 0 fully saturated rings. The van der Waals surface area contributed by atoms with Crippen molar-refractivity contribution >= 4 is 30.5 Å². The maximum Gasteiger partial charge on any atom is 0.320 e. The van der Waals surface area contributed by atoms with E-state index in [1.807, 2.05) is 0 Å². The lowest BCUT2D eigenvalue weighted by Gasteiger charge is -2.15. The predicted molar refractivity (Wildman–Crippen MR) is 56.7 cm³/mol. The van der Waals surface area contributed by atoms with Crippen LogP contribution < -0.4 is 5.32 Å². The Kier molecular flexibility index (Phi) is 6.50. The highest BCUT2D eigenvalue weighted by molar-refractivity contribution is 7.80. The fourth-order valence-corrected chi connectivity index (χ4v) is 1.24. The molecule has 0 aliphatic carbocycles. The summed E-state index contributed by atoms with van der Waals surface area (Å²) >= 11 is 3.84. The van der Waals surface area contributed by atoms with Crippen LogP contribution in [0.3, 0.4) is 0 Å². The van der Waals surface area contributed by atoms with Crippen molar-refractivity contribution in [2.45, 2.75) is 12.5 Å². The highest BCUT2D eigenvalue weighted by atomic mass is 32.1. The SMILES string of the molecule is O=C(O)C(CCS)NCC(C(=O)O)C(=O)O. The van der Waals surface area contributed by atoms with E-state index in [0.29, 0.717) is 5.75 Å². The van der Waals surface area contributed by atoms with E-state index in [1.165, 1.54) is 0 Å². The fraction of sp³-hybridized carbons (Fsp3) is 0.625. The van der Waals surface area contributed by atoms with Crippen molar-refractivity contribution in [1.82, 2.24) is 5.32 Å². The van der Waals surface area contributed by atoms with Gasteiger partial charge in [0.2, 0.25) is 0 Å². The van der Waals surface area contributed by atoms with E-state index >= 15 is 0 Å². The minimum absolute atomic E-state index is 0.185. The summed E-state index contributed by atoms with van der Waals surface area (Å²) in [7, 11) is 0. The molecule has 0 aliphatic rings. The third-order valence-electron chi connectivity index (χ3n) is 1.88. The van der Waals surface area contributed by atoms with Crippen molar-refractivity contribution in [3.63, 3.8) is 0 Å². The van der Waals surface area contributed by atoms with Crippen LogP contribution in [-0.2, 0) is 14.4 Å². The average Bonchev–Trinajstić information content (AvgIpc) is 2.15. The van der Waals surface area contributed by atoms with Crippen molar-refractivity contribution < 1.29 is 29.7 Å². The Morgan fingerprint density at radius 3 is 1.88 bits per heavy atom. The zero-order valence-electron chi connectivity index (χ0n) is 8.29. The molecule has 0 bridgehead atoms. The molecule has 1 atom stereocenters. The Labute approximate surface area is 96.9 Å². The van der Waals surface area contributed by atoms with Crippen LogP contribution in [0, 0.1) is 5.92 Å². The molecule has 0 saturated heterocycles. The number of nitrogens with one attached hydrogen (secondary N) is 1. The normalized spacial score (nSPS) is 12.4. The molecule has 92 valence electrons. The zero-order valence-corrected chi connectivity index (χ0v) is 9.18. The molecule has 0 amide bonds. The van der Waals surface area contributed by atoms with Gasteiger partial charge in [0.05, 0.1) is 0 Å². The molecular formula is C8H13NO6S. The third kappa shape index (κ3) is 4.99. The molecule has 0 aliphatic heterocycles. The van der Waals surface area contributed by atoms with Crippen molar-refractivity contribution in [3.8, 4) is 0 Å². The quantitative estimate of drug-likeness (QED) is 0.281. The van der Waals surface area contributed by atoms with Gasteiger partial charge in [0, 0.05) is 6.54 Å². The number of hydrogen-bond acceptors (Lipinski definition) is 5. The summed E-state index contributed by atoms with van der Waals surface area (Å²) in [6.45, 7) is -0.435. The summed E-state index contributed by atoms with van der Waals surface area (Å²) < 4.78 is 0. The van der Waals surface area contributed by atoms with Crippen molar-refractivity contribution in [2.24, 2.45) is 5.92 Å². The van der Waals surface area contributed by atoms with Gasteiger partial charge in [-0.1, -0.05) is 0 Å². The third-order valence-corrected chi connectivity index (χ3v) is 2.14. The first-order chi connectivity index (χ1) is 7.40. The Morgan fingerprint density at radius 2 is 1.56 bits per heavy atom. The van der Waals surface area contributed by atoms with Crippen LogP contribution in [0.1, 0.15) is 6.42 Å². The van der Waals surface area contributed by atoms with Gasteiger partial charge in [-0.3, -0.25) is 14.4 Å². The number of aliphatic carboxylic acids is 3. The highest BCUT2D eigenvalue weighted by Crippen LogP contribution is 1.99. The molecule has 0 aromatic carbocycles. The number of hydrogen-bond donors (Lipinski definition) is 5. The number of carboxylic acids is 3. The molecule has 0 radical (unpaired) electrons. The standard InChI is InChI=1S/C8H13NO6S/c10-6(11)4(7(12)13)3-9-5(1-2-16)8(14)15/h4-5,9,16H,1-3H2,(H,10,11)(H,12,13)(H,14,15). The number of carbonyl (C=O) groups is 3. The Balaban J connectivity index is 4.31. The molecule has 0 rings (SSSR count). The van der Waals surface area contributed by atoms with E-state index < -0.39 is 36.4 Å². The lowest BCUT2D eigenvalue weighted by Crippen LogP contribution is -2.43. The maximum absolute atomic E-state index is 10.7. The van der Waals surface area contributed by atoms with E-state index in [4.69, 9.17) is 15.3 Å². The van der Waals surface area contributed by atoms with Gasteiger partial charge in [-0.2, -0.15) is 12.6 Å². The molecule has 8 heteroatoms. The molecule has 7 nitrogen and oxygen atoms in total. The number of rotatable bonds is 8. The summed E-state index contributed by atoms with van der Waals surface area (Å²) in [5.41, 5.74) is 0. The number of thiol groups is 1. The molecule has 4 N–H and O–H groups in total. The van der Waals surface area contributed by atoms with E-state index in [1.54, 1.807) is 0 Å². The second kappa shape index (κ2) is 7.07. The summed E-state index contributed by atoms with van der Waals surface area (Å²) in [5.74, 6) is -5.52. The smallest absolute Gasteiger partial charge is 0.320 e. The van der Waals surface area contributed by atoms with Crippen LogP contribution in [0.4, 0.5) is 0 Å². The first kappa shape index (κ1) is 14.7. The lowest BCUT2D eigenvalue weighted by molar-refractivity contribution is -0.155. The average molecular weight is 251 g/mol. The molecule has 0 aromatic rings. The van der Waals surface area contributed by atoms with Crippen molar-refractivity contribution in [2.75, 3.05) is 12.3 Å². The summed E-state index contributed by atoms with van der Waals surface area (Å²) in [5, 5.41) is 28.2. The minimum atomic E-state index is -1.65. The molecular weight excluding hydrogens is 238 g/mol. The Morgan fingerprint density at radius 1 is 1.06 bits per heavy atom. The van der Waals surface area contributed by atoms with Gasteiger partial charge in [-0.25, -0.2) is 0 Å². The zero-order chi connectivity index (χ0) is 12.7. The van der Waals surface area contributed by atoms with Crippen LogP contribution in [0.15, 0.2) is 0 Å². The van der Waals surface area contributed by atoms with Crippen LogP contribution >= 0.6 is 12.6 Å². The molecule has 1 unspecified atom stereocenters. The van der Waals surface area contributed by atoms with Crippen molar-refractivity contribution in [1.29, 1.82) is 0 Å². The molecule has 0 aromatic heterocycles. The van der Waals surface area contributed by atoms with Gasteiger partial charge in [-0.05, 0) is 12.2 Å². The van der Waals surface area contributed by atoms with Gasteiger partial charge in [0.15, 0.2) is 5.92 Å². The van der Waals surface area contributed by atoms with Gasteiger partial charge >= 0.3 is 17.9 Å². The molecule has 0 spiro atoms. The van der Waals surface area contributed by atoms with Crippen LogP contribution in [-0.4, -0.2) is 51.6 Å². The van der Waals surface area contributed by atoms with Gasteiger partial charge in [0.25, 0.3) is 0 Å². The molecule has 16 heavy (non-hydrogen) atoms. The first-order valence-electron chi connectivity index (χ1n) is 4.42. The van der Waals surface area contributed by atoms with E-state index in [2.05, 4.69) is 17.9 Å². The van der Waals surface area contributed by atoms with Crippen LogP contribution in [0.2, 0.25) is 0 Å². The second-order valence-corrected chi connectivity index (χ2v) is 3.49. The minimum Gasteiger partial charge on any atom is -0.481 e. The Hall–Kier alpha value is -1.28. The first-order valence-corrected chi connectivity index (χ1v) is 5.06. The maximum atomic E-state index is 10.7. The van der Waals surface area contributed by atoms with E-state index in [0.717, 1.165) is 0 Å². The fourth-order valence-electron chi connectivity index (χ4n) is 0.982. The Bertz CT molecular complexity index is 268. The summed E-state index contributed by atoms with van der Waals surface area (Å²) in [4.78, 5) is 31.6. The topological polar surface area (TPSA) is 124 Å². The van der Waals surface area contributed by atoms with Gasteiger partial charge in [-0.15, -0.1) is 0 Å². The predicted octanol–water partition coefficient (Wildman–Crippen LogP) is -0.865. The van der Waals surface area contributed by atoms with Crippen LogP contribution in [0.5, 0.6) is 0 Å².